The molecular formula is C34H20Cl4N2O9. The molecule has 248 valence electrons. The van der Waals surface area contributed by atoms with Crippen LogP contribution in [0.1, 0.15) is 11.1 Å². The molecule has 0 aliphatic rings. The summed E-state index contributed by atoms with van der Waals surface area (Å²) in [6.07, 6.45) is 5.80. The van der Waals surface area contributed by atoms with Gasteiger partial charge >= 0.3 is 0 Å². The van der Waals surface area contributed by atoms with Gasteiger partial charge in [-0.2, -0.15) is 0 Å². The molecular weight excluding hydrogens is 722 g/mol. The smallest absolute Gasteiger partial charge is 0.281 e. The van der Waals surface area contributed by atoms with Crippen molar-refractivity contribution in [3.8, 4) is 45.3 Å². The van der Waals surface area contributed by atoms with Gasteiger partial charge in [0.1, 0.15) is 24.3 Å². The lowest BCUT2D eigenvalue weighted by Crippen LogP contribution is -2.04. The van der Waals surface area contributed by atoms with Crippen LogP contribution in [-0.4, -0.2) is 9.85 Å². The van der Waals surface area contributed by atoms with Crippen molar-refractivity contribution in [2.45, 2.75) is 13.2 Å². The SMILES string of the molecule is O=[N+]([O-])c1ccc(Oc2ccc([N+](=O)[O-])c(-c3ccc(Cl)cc3Cl)c2OCc2ccoc2)c(OCc2ccoc2)c1-c1ccc(Cl)cc1Cl. The van der Waals surface area contributed by atoms with Gasteiger partial charge in [-0.1, -0.05) is 58.5 Å². The van der Waals surface area contributed by atoms with Crippen molar-refractivity contribution >= 4 is 57.8 Å². The van der Waals surface area contributed by atoms with E-state index in [1.165, 1.54) is 85.7 Å². The molecule has 0 N–H and O–H groups in total. The van der Waals surface area contributed by atoms with Crippen LogP contribution in [-0.2, 0) is 13.2 Å². The fraction of sp³-hybridized carbons (Fsp3) is 0.0588. The average molecular weight is 742 g/mol. The summed E-state index contributed by atoms with van der Waals surface area (Å²) in [5.41, 5.74) is 1.01. The van der Waals surface area contributed by atoms with E-state index in [9.17, 15) is 20.2 Å². The predicted molar refractivity (Wildman–Crippen MR) is 183 cm³/mol. The van der Waals surface area contributed by atoms with Crippen LogP contribution in [0.25, 0.3) is 22.3 Å². The zero-order valence-corrected chi connectivity index (χ0v) is 27.8. The van der Waals surface area contributed by atoms with E-state index in [2.05, 4.69) is 0 Å². The van der Waals surface area contributed by atoms with Gasteiger partial charge in [0.05, 0.1) is 44.9 Å². The van der Waals surface area contributed by atoms with Crippen LogP contribution in [0.5, 0.6) is 23.0 Å². The van der Waals surface area contributed by atoms with E-state index < -0.39 is 9.85 Å². The minimum atomic E-state index is -0.583. The van der Waals surface area contributed by atoms with Crippen molar-refractivity contribution in [1.82, 2.24) is 0 Å². The monoisotopic (exact) mass is 740 g/mol. The number of nitro groups is 2. The normalized spacial score (nSPS) is 10.9. The van der Waals surface area contributed by atoms with Gasteiger partial charge in [0.25, 0.3) is 11.4 Å². The van der Waals surface area contributed by atoms with Crippen molar-refractivity contribution < 1.29 is 32.9 Å². The Balaban J connectivity index is 1.58. The van der Waals surface area contributed by atoms with E-state index in [0.717, 1.165) is 0 Å². The molecule has 49 heavy (non-hydrogen) atoms. The van der Waals surface area contributed by atoms with Gasteiger partial charge in [-0.3, -0.25) is 20.2 Å². The van der Waals surface area contributed by atoms with Gasteiger partial charge in [0.2, 0.25) is 0 Å². The molecule has 2 aromatic heterocycles. The molecule has 11 nitrogen and oxygen atoms in total. The van der Waals surface area contributed by atoms with Crippen LogP contribution in [0.4, 0.5) is 11.4 Å². The fourth-order valence-electron chi connectivity index (χ4n) is 4.94. The van der Waals surface area contributed by atoms with Gasteiger partial charge < -0.3 is 23.0 Å². The molecule has 0 aliphatic carbocycles. The van der Waals surface area contributed by atoms with Crippen LogP contribution in [0.2, 0.25) is 20.1 Å². The van der Waals surface area contributed by atoms with Crippen LogP contribution in [0.15, 0.2) is 107 Å². The van der Waals surface area contributed by atoms with E-state index in [0.29, 0.717) is 21.2 Å². The summed E-state index contributed by atoms with van der Waals surface area (Å²) in [5.74, 6) is -0.148. The maximum atomic E-state index is 12.4. The summed E-state index contributed by atoms with van der Waals surface area (Å²) in [6.45, 7) is -0.163. The molecule has 0 atom stereocenters. The van der Waals surface area contributed by atoms with Gasteiger partial charge in [-0.25, -0.2) is 0 Å². The molecule has 0 aliphatic heterocycles. The molecule has 0 radical (unpaired) electrons. The third-order valence-electron chi connectivity index (χ3n) is 7.14. The Labute approximate surface area is 297 Å². The number of halogens is 4. The minimum absolute atomic E-state index is 0.00333. The lowest BCUT2D eigenvalue weighted by Gasteiger charge is -2.20. The average Bonchev–Trinajstić information content (AvgIpc) is 3.78. The number of ether oxygens (including phenoxy) is 3. The molecule has 0 bridgehead atoms. The van der Waals surface area contributed by atoms with Crippen molar-refractivity contribution in [2.24, 2.45) is 0 Å². The molecule has 6 aromatic rings. The lowest BCUT2D eigenvalue weighted by molar-refractivity contribution is -0.384. The molecule has 0 unspecified atom stereocenters. The Kier molecular flexibility index (Phi) is 9.97. The summed E-state index contributed by atoms with van der Waals surface area (Å²) in [4.78, 5) is 23.5. The number of benzene rings is 4. The van der Waals surface area contributed by atoms with Crippen molar-refractivity contribution in [2.75, 3.05) is 0 Å². The van der Waals surface area contributed by atoms with Gasteiger partial charge in [0, 0.05) is 44.4 Å². The number of nitrogens with zero attached hydrogens (tertiary/aromatic N) is 2. The summed E-state index contributed by atoms with van der Waals surface area (Å²) < 4.78 is 29.2. The van der Waals surface area contributed by atoms with Gasteiger partial charge in [0.15, 0.2) is 23.0 Å². The number of hydrogen-bond acceptors (Lipinski definition) is 9. The van der Waals surface area contributed by atoms with Gasteiger partial charge in [-0.05, 0) is 48.5 Å². The van der Waals surface area contributed by atoms with E-state index in [4.69, 9.17) is 69.4 Å². The molecule has 0 fully saturated rings. The first kappa shape index (κ1) is 33.7. The highest BCUT2D eigenvalue weighted by molar-refractivity contribution is 6.37. The second-order valence-electron chi connectivity index (χ2n) is 10.3. The van der Waals surface area contributed by atoms with Crippen molar-refractivity contribution in [3.05, 3.63) is 149 Å². The molecule has 0 saturated carbocycles. The summed E-state index contributed by atoms with van der Waals surface area (Å²) >= 11 is 25.4. The number of furan rings is 2. The largest absolute Gasteiger partial charge is 0.484 e. The lowest BCUT2D eigenvalue weighted by atomic mass is 10.0. The highest BCUT2D eigenvalue weighted by Crippen LogP contribution is 2.52. The van der Waals surface area contributed by atoms with E-state index in [1.807, 2.05) is 0 Å². The van der Waals surface area contributed by atoms with E-state index >= 15 is 0 Å². The van der Waals surface area contributed by atoms with Gasteiger partial charge in [-0.15, -0.1) is 0 Å². The number of nitro benzene ring substituents is 2. The maximum absolute atomic E-state index is 12.4. The topological polar surface area (TPSA) is 140 Å². The highest BCUT2D eigenvalue weighted by atomic mass is 35.5. The van der Waals surface area contributed by atoms with Crippen molar-refractivity contribution in [3.63, 3.8) is 0 Å². The standard InChI is InChI=1S/C34H20Cl4N2O9/c35-21-1-3-23(25(37)13-21)31-27(39(41)42)5-7-29(33(31)47-17-19-9-11-45-15-19)49-30-8-6-28(40(43)44)32(24-4-2-22(36)14-26(24)38)34(30)48-18-20-10-12-46-16-20/h1-16H,17-18H2. The first-order valence-electron chi connectivity index (χ1n) is 14.1. The highest BCUT2D eigenvalue weighted by Gasteiger charge is 2.30. The molecule has 15 heteroatoms. The quantitative estimate of drug-likeness (QED) is 0.0884. The van der Waals surface area contributed by atoms with Crippen LogP contribution >= 0.6 is 46.4 Å². The Morgan fingerprint density at radius 2 is 1.02 bits per heavy atom. The summed E-state index contributed by atoms with van der Waals surface area (Å²) in [5, 5.41) is 25.5. The molecule has 0 spiro atoms. The number of rotatable bonds is 12. The first-order valence-corrected chi connectivity index (χ1v) is 15.6. The van der Waals surface area contributed by atoms with Crippen LogP contribution in [0, 0.1) is 20.2 Å². The second kappa shape index (κ2) is 14.5. The molecule has 0 amide bonds. The van der Waals surface area contributed by atoms with E-state index in [-0.39, 0.29) is 79.9 Å². The maximum Gasteiger partial charge on any atom is 0.281 e. The third-order valence-corrected chi connectivity index (χ3v) is 8.24. The fourth-order valence-corrected chi connectivity index (χ4v) is 5.95. The molecule has 2 heterocycles. The summed E-state index contributed by atoms with van der Waals surface area (Å²) in [7, 11) is 0. The molecule has 4 aromatic carbocycles. The molecule has 0 saturated heterocycles. The Morgan fingerprint density at radius 1 is 0.592 bits per heavy atom. The predicted octanol–water partition coefficient (Wildman–Crippen LogP) is 11.6. The minimum Gasteiger partial charge on any atom is -0.484 e. The molecule has 6 rings (SSSR count). The Bertz CT molecular complexity index is 2020. The second-order valence-corrected chi connectivity index (χ2v) is 12.0. The summed E-state index contributed by atoms with van der Waals surface area (Å²) in [6, 6.07) is 17.4. The Morgan fingerprint density at radius 3 is 1.37 bits per heavy atom. The van der Waals surface area contributed by atoms with Crippen LogP contribution < -0.4 is 14.2 Å². The van der Waals surface area contributed by atoms with Crippen LogP contribution in [0.3, 0.4) is 0 Å². The Hall–Kier alpha value is -5.20. The van der Waals surface area contributed by atoms with E-state index in [1.54, 1.807) is 12.1 Å². The first-order chi connectivity index (χ1) is 23.6. The zero-order valence-electron chi connectivity index (χ0n) is 24.7. The van der Waals surface area contributed by atoms with Crippen molar-refractivity contribution in [1.29, 1.82) is 0 Å². The third kappa shape index (κ3) is 7.30. The number of hydrogen-bond donors (Lipinski definition) is 0. The zero-order chi connectivity index (χ0) is 34.7.